The van der Waals surface area contributed by atoms with Crippen LogP contribution in [0.25, 0.3) is 0 Å². The number of aryl methyl sites for hydroxylation is 1. The van der Waals surface area contributed by atoms with Gasteiger partial charge in [-0.05, 0) is 50.7 Å². The highest BCUT2D eigenvalue weighted by Gasteiger charge is 2.29. The molecule has 0 heterocycles. The zero-order chi connectivity index (χ0) is 17.5. The fraction of sp³-hybridized carbons (Fsp3) is 0.579. The van der Waals surface area contributed by atoms with Crippen LogP contribution in [0.4, 0.5) is 5.69 Å². The van der Waals surface area contributed by atoms with E-state index in [-0.39, 0.29) is 17.9 Å². The molecule has 0 aromatic heterocycles. The molecule has 132 valence electrons. The van der Waals surface area contributed by atoms with E-state index in [2.05, 4.69) is 24.5 Å². The first-order valence-corrected chi connectivity index (χ1v) is 8.98. The third kappa shape index (κ3) is 5.96. The number of carbonyl (C=O) groups is 2. The van der Waals surface area contributed by atoms with Gasteiger partial charge in [-0.3, -0.25) is 9.59 Å². The van der Waals surface area contributed by atoms with Crippen molar-refractivity contribution in [2.45, 2.75) is 46.1 Å². The topological polar surface area (TPSA) is 62.6 Å². The highest BCUT2D eigenvalue weighted by Crippen LogP contribution is 2.32. The second-order valence-electron chi connectivity index (χ2n) is 6.91. The van der Waals surface area contributed by atoms with Crippen molar-refractivity contribution in [2.24, 2.45) is 5.92 Å². The van der Waals surface area contributed by atoms with Crippen LogP contribution in [0, 0.1) is 12.8 Å². The standard InChI is InChI=1S/C19H29N3O2/c1-4-11-22(12-18(23)20-15(3)16-9-10-16)13-19(24)21-17-8-6-5-7-14(17)2/h5-8,15-16H,4,9-13H2,1-3H3,(H,20,23)(H,21,24)/p+1/t15-/m0/s1. The maximum atomic E-state index is 12.3. The number of hydrogen-bond donors (Lipinski definition) is 3. The predicted molar refractivity (Wildman–Crippen MR) is 96.0 cm³/mol. The van der Waals surface area contributed by atoms with Crippen LogP contribution in [0.15, 0.2) is 24.3 Å². The third-order valence-corrected chi connectivity index (χ3v) is 4.56. The molecule has 24 heavy (non-hydrogen) atoms. The Bertz CT molecular complexity index is 569. The van der Waals surface area contributed by atoms with E-state index in [1.165, 1.54) is 12.8 Å². The number of para-hydroxylation sites is 1. The molecule has 0 spiro atoms. The van der Waals surface area contributed by atoms with Gasteiger partial charge in [-0.2, -0.15) is 0 Å². The summed E-state index contributed by atoms with van der Waals surface area (Å²) in [6.45, 7) is 7.59. The molecule has 0 radical (unpaired) electrons. The maximum Gasteiger partial charge on any atom is 0.279 e. The summed E-state index contributed by atoms with van der Waals surface area (Å²) in [5.41, 5.74) is 1.88. The van der Waals surface area contributed by atoms with Crippen molar-refractivity contribution < 1.29 is 14.5 Å². The highest BCUT2D eigenvalue weighted by molar-refractivity contribution is 5.92. The van der Waals surface area contributed by atoms with Gasteiger partial charge in [0, 0.05) is 11.7 Å². The van der Waals surface area contributed by atoms with Gasteiger partial charge in [0.25, 0.3) is 11.8 Å². The smallest absolute Gasteiger partial charge is 0.279 e. The van der Waals surface area contributed by atoms with E-state index in [1.54, 1.807) is 0 Å². The molecular formula is C19H30N3O2+. The van der Waals surface area contributed by atoms with Crippen LogP contribution in [0.2, 0.25) is 0 Å². The van der Waals surface area contributed by atoms with E-state index in [4.69, 9.17) is 0 Å². The van der Waals surface area contributed by atoms with Gasteiger partial charge >= 0.3 is 0 Å². The summed E-state index contributed by atoms with van der Waals surface area (Å²) < 4.78 is 0. The fourth-order valence-electron chi connectivity index (χ4n) is 2.97. The zero-order valence-electron chi connectivity index (χ0n) is 15.0. The average molecular weight is 332 g/mol. The van der Waals surface area contributed by atoms with Gasteiger partial charge in [-0.25, -0.2) is 0 Å². The van der Waals surface area contributed by atoms with Crippen LogP contribution in [0.3, 0.4) is 0 Å². The summed E-state index contributed by atoms with van der Waals surface area (Å²) in [7, 11) is 0. The van der Waals surface area contributed by atoms with E-state index in [1.807, 2.05) is 31.2 Å². The van der Waals surface area contributed by atoms with Crippen LogP contribution in [-0.2, 0) is 9.59 Å². The monoisotopic (exact) mass is 332 g/mol. The minimum atomic E-state index is -0.0456. The Kier molecular flexibility index (Phi) is 6.79. The lowest BCUT2D eigenvalue weighted by Crippen LogP contribution is -3.14. The van der Waals surface area contributed by atoms with Crippen molar-refractivity contribution >= 4 is 17.5 Å². The first kappa shape index (κ1) is 18.5. The van der Waals surface area contributed by atoms with Gasteiger partial charge in [0.2, 0.25) is 0 Å². The van der Waals surface area contributed by atoms with E-state index in [0.717, 1.165) is 29.1 Å². The van der Waals surface area contributed by atoms with Gasteiger partial charge in [0.05, 0.1) is 6.54 Å². The molecule has 3 N–H and O–H groups in total. The van der Waals surface area contributed by atoms with Crippen molar-refractivity contribution in [3.63, 3.8) is 0 Å². The second-order valence-corrected chi connectivity index (χ2v) is 6.91. The predicted octanol–water partition coefficient (Wildman–Crippen LogP) is 1.14. The van der Waals surface area contributed by atoms with Gasteiger partial charge in [0.15, 0.2) is 13.1 Å². The molecule has 5 heteroatoms. The van der Waals surface area contributed by atoms with Crippen molar-refractivity contribution in [1.82, 2.24) is 5.32 Å². The second kappa shape index (κ2) is 8.83. The quantitative estimate of drug-likeness (QED) is 0.635. The Balaban J connectivity index is 1.83. The summed E-state index contributed by atoms with van der Waals surface area (Å²) >= 11 is 0. The summed E-state index contributed by atoms with van der Waals surface area (Å²) in [6.07, 6.45) is 3.37. The van der Waals surface area contributed by atoms with Crippen LogP contribution in [-0.4, -0.2) is 37.5 Å². The highest BCUT2D eigenvalue weighted by atomic mass is 16.2. The fourth-order valence-corrected chi connectivity index (χ4v) is 2.97. The average Bonchev–Trinajstić information content (AvgIpc) is 3.34. The van der Waals surface area contributed by atoms with E-state index in [0.29, 0.717) is 19.0 Å². The van der Waals surface area contributed by atoms with Crippen LogP contribution >= 0.6 is 0 Å². The molecule has 1 saturated carbocycles. The van der Waals surface area contributed by atoms with Gasteiger partial charge in [-0.15, -0.1) is 0 Å². The number of carbonyl (C=O) groups excluding carboxylic acids is 2. The molecule has 2 rings (SSSR count). The molecule has 1 aromatic carbocycles. The number of anilines is 1. The molecule has 1 aliphatic rings. The molecule has 1 aliphatic carbocycles. The number of benzene rings is 1. The maximum absolute atomic E-state index is 12.3. The normalized spacial score (nSPS) is 16.3. The Morgan fingerprint density at radius 2 is 1.88 bits per heavy atom. The van der Waals surface area contributed by atoms with E-state index < -0.39 is 0 Å². The molecule has 0 aliphatic heterocycles. The largest absolute Gasteiger partial charge is 0.348 e. The number of quaternary nitrogens is 1. The van der Waals surface area contributed by atoms with Gasteiger partial charge < -0.3 is 15.5 Å². The SMILES string of the molecule is CCC[NH+](CC(=O)Nc1ccccc1C)CC(=O)N[C@@H](C)C1CC1. The molecule has 2 atom stereocenters. The molecule has 0 saturated heterocycles. The summed E-state index contributed by atoms with van der Waals surface area (Å²) in [5.74, 6) is 0.644. The Hall–Kier alpha value is -1.88. The van der Waals surface area contributed by atoms with Crippen molar-refractivity contribution in [3.8, 4) is 0 Å². The third-order valence-electron chi connectivity index (χ3n) is 4.56. The zero-order valence-corrected chi connectivity index (χ0v) is 15.0. The first-order valence-electron chi connectivity index (χ1n) is 8.98. The summed E-state index contributed by atoms with van der Waals surface area (Å²) in [5, 5.41) is 6.02. The van der Waals surface area contributed by atoms with Crippen LogP contribution in [0.5, 0.6) is 0 Å². The minimum absolute atomic E-state index is 0.0431. The van der Waals surface area contributed by atoms with E-state index in [9.17, 15) is 9.59 Å². The molecular weight excluding hydrogens is 302 g/mol. The van der Waals surface area contributed by atoms with E-state index >= 15 is 0 Å². The molecule has 1 aromatic rings. The molecule has 1 fully saturated rings. The lowest BCUT2D eigenvalue weighted by atomic mass is 10.2. The first-order chi connectivity index (χ1) is 11.5. The Morgan fingerprint density at radius 1 is 1.21 bits per heavy atom. The lowest BCUT2D eigenvalue weighted by Gasteiger charge is -2.20. The van der Waals surface area contributed by atoms with Crippen molar-refractivity contribution in [2.75, 3.05) is 25.0 Å². The Labute approximate surface area is 144 Å². The summed E-state index contributed by atoms with van der Waals surface area (Å²) in [6, 6.07) is 7.98. The molecule has 5 nitrogen and oxygen atoms in total. The van der Waals surface area contributed by atoms with Crippen LogP contribution < -0.4 is 15.5 Å². The van der Waals surface area contributed by atoms with Gasteiger partial charge in [0.1, 0.15) is 0 Å². The number of nitrogens with one attached hydrogen (secondary N) is 3. The minimum Gasteiger partial charge on any atom is -0.348 e. The number of amides is 2. The lowest BCUT2D eigenvalue weighted by molar-refractivity contribution is -0.883. The number of rotatable bonds is 9. The van der Waals surface area contributed by atoms with Crippen LogP contribution in [0.1, 0.15) is 38.7 Å². The van der Waals surface area contributed by atoms with Crippen molar-refractivity contribution in [3.05, 3.63) is 29.8 Å². The molecule has 1 unspecified atom stereocenters. The number of hydrogen-bond acceptors (Lipinski definition) is 2. The summed E-state index contributed by atoms with van der Waals surface area (Å²) in [4.78, 5) is 25.5. The van der Waals surface area contributed by atoms with Crippen molar-refractivity contribution in [1.29, 1.82) is 0 Å². The molecule has 2 amide bonds. The Morgan fingerprint density at radius 3 is 2.50 bits per heavy atom. The molecule has 0 bridgehead atoms. The van der Waals surface area contributed by atoms with Gasteiger partial charge in [-0.1, -0.05) is 25.1 Å².